The van der Waals surface area contributed by atoms with Crippen molar-refractivity contribution in [1.82, 2.24) is 14.9 Å². The van der Waals surface area contributed by atoms with E-state index in [1.54, 1.807) is 53.4 Å². The minimum Gasteiger partial charge on any atom is -0.494 e. The molecule has 0 atom stereocenters. The highest BCUT2D eigenvalue weighted by Gasteiger charge is 2.37. The number of aromatic nitrogens is 2. The van der Waals surface area contributed by atoms with Gasteiger partial charge in [0.15, 0.2) is 0 Å². The van der Waals surface area contributed by atoms with Gasteiger partial charge in [0.2, 0.25) is 0 Å². The van der Waals surface area contributed by atoms with Gasteiger partial charge in [-0.15, -0.1) is 0 Å². The Hall–Kier alpha value is -4.79. The third-order valence-electron chi connectivity index (χ3n) is 5.80. The molecular formula is C27H21FN4O4. The standard InChI is InChI=1S/C27H21FN4O4/c1-2-36-20-7-5-19(6-8-20)32-26(34)21-9-4-18(14-22(21)27(32)35)25(33)30-15-17-3-10-24(23(28)13-17)31-12-11-29-16-31/h3-14,16H,2,15H2,1H3,(H,30,33). The highest BCUT2D eigenvalue weighted by molar-refractivity contribution is 6.34. The molecule has 4 aromatic rings. The largest absolute Gasteiger partial charge is 0.494 e. The van der Waals surface area contributed by atoms with E-state index in [0.29, 0.717) is 29.3 Å². The van der Waals surface area contributed by atoms with Gasteiger partial charge in [-0.3, -0.25) is 14.4 Å². The van der Waals surface area contributed by atoms with E-state index >= 15 is 0 Å². The van der Waals surface area contributed by atoms with Crippen molar-refractivity contribution in [2.24, 2.45) is 0 Å². The lowest BCUT2D eigenvalue weighted by Gasteiger charge is -2.14. The number of benzene rings is 3. The Morgan fingerprint density at radius 1 is 1.00 bits per heavy atom. The van der Waals surface area contributed by atoms with Gasteiger partial charge in [-0.25, -0.2) is 14.3 Å². The van der Waals surface area contributed by atoms with E-state index in [1.807, 2.05) is 6.92 Å². The molecule has 3 amide bonds. The molecule has 9 heteroatoms. The van der Waals surface area contributed by atoms with Crippen LogP contribution in [0.2, 0.25) is 0 Å². The SMILES string of the molecule is CCOc1ccc(N2C(=O)c3ccc(C(=O)NCc4ccc(-n5ccnc5)c(F)c4)cc3C2=O)cc1. The summed E-state index contributed by atoms with van der Waals surface area (Å²) in [5, 5.41) is 2.73. The van der Waals surface area contributed by atoms with Crippen molar-refractivity contribution >= 4 is 23.4 Å². The van der Waals surface area contributed by atoms with Gasteiger partial charge < -0.3 is 14.6 Å². The van der Waals surface area contributed by atoms with Crippen molar-refractivity contribution in [1.29, 1.82) is 0 Å². The van der Waals surface area contributed by atoms with Gasteiger partial charge in [0.1, 0.15) is 11.6 Å². The van der Waals surface area contributed by atoms with Crippen LogP contribution in [0.5, 0.6) is 5.75 Å². The van der Waals surface area contributed by atoms with Crippen LogP contribution < -0.4 is 15.0 Å². The maximum atomic E-state index is 14.5. The first kappa shape index (κ1) is 23.0. The lowest BCUT2D eigenvalue weighted by atomic mass is 10.1. The van der Waals surface area contributed by atoms with Gasteiger partial charge in [0.05, 0.1) is 35.4 Å². The van der Waals surface area contributed by atoms with Crippen LogP contribution in [0.1, 0.15) is 43.6 Å². The Morgan fingerprint density at radius 3 is 2.47 bits per heavy atom. The fraction of sp³-hybridized carbons (Fsp3) is 0.111. The molecule has 8 nitrogen and oxygen atoms in total. The third-order valence-corrected chi connectivity index (χ3v) is 5.80. The molecule has 3 aromatic carbocycles. The minimum atomic E-state index is -0.508. The third kappa shape index (κ3) is 4.22. The van der Waals surface area contributed by atoms with Gasteiger partial charge >= 0.3 is 0 Å². The number of amides is 3. The Kier molecular flexibility index (Phi) is 6.03. The number of imidazole rings is 1. The summed E-state index contributed by atoms with van der Waals surface area (Å²) in [6.45, 7) is 2.45. The first-order valence-electron chi connectivity index (χ1n) is 11.3. The predicted octanol–water partition coefficient (Wildman–Crippen LogP) is 4.14. The second-order valence-electron chi connectivity index (χ2n) is 8.07. The maximum Gasteiger partial charge on any atom is 0.266 e. The van der Waals surface area contributed by atoms with Crippen LogP contribution in [0.15, 0.2) is 79.4 Å². The second kappa shape index (κ2) is 9.46. The predicted molar refractivity (Wildman–Crippen MR) is 130 cm³/mol. The lowest BCUT2D eigenvalue weighted by Crippen LogP contribution is -2.29. The van der Waals surface area contributed by atoms with Crippen molar-refractivity contribution in [3.05, 3.63) is 107 Å². The molecular weight excluding hydrogens is 463 g/mol. The Labute approximate surface area is 205 Å². The van der Waals surface area contributed by atoms with Crippen LogP contribution in [0.3, 0.4) is 0 Å². The molecule has 0 saturated heterocycles. The van der Waals surface area contributed by atoms with Crippen LogP contribution in [0.25, 0.3) is 5.69 Å². The van der Waals surface area contributed by atoms with Crippen molar-refractivity contribution in [3.8, 4) is 11.4 Å². The average molecular weight is 484 g/mol. The van der Waals surface area contributed by atoms with E-state index in [1.165, 1.54) is 30.6 Å². The number of ether oxygens (including phenoxy) is 1. The number of anilines is 1. The van der Waals surface area contributed by atoms with Gasteiger partial charge in [0, 0.05) is 24.5 Å². The van der Waals surface area contributed by atoms with E-state index < -0.39 is 23.5 Å². The van der Waals surface area contributed by atoms with E-state index in [4.69, 9.17) is 4.74 Å². The topological polar surface area (TPSA) is 93.5 Å². The number of fused-ring (bicyclic) bond motifs is 1. The Balaban J connectivity index is 1.29. The average Bonchev–Trinajstić information content (AvgIpc) is 3.50. The summed E-state index contributed by atoms with van der Waals surface area (Å²) >= 11 is 0. The fourth-order valence-electron chi connectivity index (χ4n) is 4.03. The molecule has 5 rings (SSSR count). The highest BCUT2D eigenvalue weighted by Crippen LogP contribution is 2.30. The smallest absolute Gasteiger partial charge is 0.266 e. The monoisotopic (exact) mass is 484 g/mol. The maximum absolute atomic E-state index is 14.5. The summed E-state index contributed by atoms with van der Waals surface area (Å²) < 4.78 is 21.4. The van der Waals surface area contributed by atoms with E-state index in [0.717, 1.165) is 4.90 Å². The molecule has 1 aliphatic rings. The molecule has 1 N–H and O–H groups in total. The molecule has 36 heavy (non-hydrogen) atoms. The van der Waals surface area contributed by atoms with Crippen LogP contribution in [0, 0.1) is 5.82 Å². The zero-order chi connectivity index (χ0) is 25.2. The van der Waals surface area contributed by atoms with Gasteiger partial charge in [-0.2, -0.15) is 0 Å². The molecule has 0 fully saturated rings. The Bertz CT molecular complexity index is 1470. The van der Waals surface area contributed by atoms with Gasteiger partial charge in [0.25, 0.3) is 17.7 Å². The minimum absolute atomic E-state index is 0.0855. The molecule has 2 heterocycles. The van der Waals surface area contributed by atoms with Crippen molar-refractivity contribution in [2.45, 2.75) is 13.5 Å². The normalized spacial score (nSPS) is 12.6. The summed E-state index contributed by atoms with van der Waals surface area (Å²) in [4.78, 5) is 43.7. The zero-order valence-electron chi connectivity index (χ0n) is 19.3. The lowest BCUT2D eigenvalue weighted by molar-refractivity contribution is 0.0923. The number of imide groups is 1. The number of hydrogen-bond acceptors (Lipinski definition) is 5. The molecule has 180 valence electrons. The first-order chi connectivity index (χ1) is 17.5. The summed E-state index contributed by atoms with van der Waals surface area (Å²) in [7, 11) is 0. The van der Waals surface area contributed by atoms with Crippen LogP contribution >= 0.6 is 0 Å². The van der Waals surface area contributed by atoms with Gasteiger partial charge in [-0.05, 0) is 67.1 Å². The summed E-state index contributed by atoms with van der Waals surface area (Å²) in [5.41, 5.74) is 1.93. The van der Waals surface area contributed by atoms with Gasteiger partial charge in [-0.1, -0.05) is 6.07 Å². The summed E-state index contributed by atoms with van der Waals surface area (Å²) in [6, 6.07) is 15.7. The number of rotatable bonds is 7. The molecule has 0 saturated carbocycles. The first-order valence-corrected chi connectivity index (χ1v) is 11.3. The highest BCUT2D eigenvalue weighted by atomic mass is 19.1. The number of halogens is 1. The summed E-state index contributed by atoms with van der Waals surface area (Å²) in [5.74, 6) is -1.23. The van der Waals surface area contributed by atoms with E-state index in [-0.39, 0.29) is 23.2 Å². The molecule has 0 unspecified atom stereocenters. The van der Waals surface area contributed by atoms with Crippen LogP contribution in [0.4, 0.5) is 10.1 Å². The quantitative estimate of drug-likeness (QED) is 0.398. The van der Waals surface area contributed by atoms with Crippen LogP contribution in [-0.2, 0) is 6.54 Å². The molecule has 0 aliphatic carbocycles. The Morgan fingerprint density at radius 2 is 1.78 bits per heavy atom. The molecule has 0 radical (unpaired) electrons. The van der Waals surface area contributed by atoms with Crippen LogP contribution in [-0.4, -0.2) is 33.9 Å². The zero-order valence-corrected chi connectivity index (χ0v) is 19.3. The van der Waals surface area contributed by atoms with Crippen molar-refractivity contribution in [3.63, 3.8) is 0 Å². The number of nitrogens with zero attached hydrogens (tertiary/aromatic N) is 3. The molecule has 1 aliphatic heterocycles. The molecule has 0 spiro atoms. The molecule has 1 aromatic heterocycles. The number of carbonyl (C=O) groups is 3. The van der Waals surface area contributed by atoms with E-state index in [9.17, 15) is 18.8 Å². The van der Waals surface area contributed by atoms with Crippen molar-refractivity contribution in [2.75, 3.05) is 11.5 Å². The van der Waals surface area contributed by atoms with E-state index in [2.05, 4.69) is 10.3 Å². The fourth-order valence-corrected chi connectivity index (χ4v) is 4.03. The summed E-state index contributed by atoms with van der Waals surface area (Å²) in [6.07, 6.45) is 4.69. The second-order valence-corrected chi connectivity index (χ2v) is 8.07. The number of hydrogen-bond donors (Lipinski definition) is 1. The number of nitrogens with one attached hydrogen (secondary N) is 1. The molecule has 0 bridgehead atoms. The van der Waals surface area contributed by atoms with Crippen molar-refractivity contribution < 1.29 is 23.5 Å². The number of carbonyl (C=O) groups excluding carboxylic acids is 3.